The monoisotopic (exact) mass is 340 g/mol. The molecule has 130 valence electrons. The van der Waals surface area contributed by atoms with E-state index in [9.17, 15) is 14.4 Å². The fourth-order valence-electron chi connectivity index (χ4n) is 3.80. The molecule has 0 radical (unpaired) electrons. The van der Waals surface area contributed by atoms with Crippen LogP contribution < -0.4 is 10.9 Å². The summed E-state index contributed by atoms with van der Waals surface area (Å²) in [6, 6.07) is 7.05. The van der Waals surface area contributed by atoms with E-state index in [0.29, 0.717) is 24.2 Å². The summed E-state index contributed by atoms with van der Waals surface area (Å²) in [5.74, 6) is -0.128. The van der Waals surface area contributed by atoms with Crippen molar-refractivity contribution in [3.8, 4) is 0 Å². The van der Waals surface area contributed by atoms with Gasteiger partial charge in [0.15, 0.2) is 0 Å². The van der Waals surface area contributed by atoms with Gasteiger partial charge < -0.3 is 14.6 Å². The molecule has 5 rings (SSSR count). The van der Waals surface area contributed by atoms with E-state index in [2.05, 4.69) is 5.32 Å². The summed E-state index contributed by atoms with van der Waals surface area (Å²) in [6.07, 6.45) is 1.88. The number of hydrogen-bond donors (Lipinski definition) is 1. The van der Waals surface area contributed by atoms with Crippen molar-refractivity contribution in [3.63, 3.8) is 0 Å². The molecule has 0 spiro atoms. The Labute approximate surface area is 144 Å². The van der Waals surface area contributed by atoms with Crippen LogP contribution in [-0.2, 0) is 16.0 Å². The van der Waals surface area contributed by atoms with Crippen molar-refractivity contribution in [2.45, 2.75) is 32.2 Å². The van der Waals surface area contributed by atoms with Gasteiger partial charge in [-0.25, -0.2) is 4.79 Å². The average Bonchev–Trinajstić information content (AvgIpc) is 2.85. The van der Waals surface area contributed by atoms with Crippen LogP contribution in [0.15, 0.2) is 33.5 Å². The minimum atomic E-state index is -0.450. The lowest BCUT2D eigenvalue weighted by Gasteiger charge is -2.23. The number of carbonyl (C=O) groups excluding carboxylic acids is 2. The van der Waals surface area contributed by atoms with E-state index in [4.69, 9.17) is 4.42 Å². The fourth-order valence-corrected chi connectivity index (χ4v) is 3.80. The molecule has 25 heavy (non-hydrogen) atoms. The number of fused-ring (bicyclic) bond motifs is 5. The van der Waals surface area contributed by atoms with Gasteiger partial charge in [-0.1, -0.05) is 12.1 Å². The molecule has 1 aromatic heterocycles. The highest BCUT2D eigenvalue weighted by Crippen LogP contribution is 2.24. The van der Waals surface area contributed by atoms with E-state index in [1.807, 2.05) is 19.1 Å². The number of hydrogen-bond acceptors (Lipinski definition) is 4. The minimum Gasteiger partial charge on any atom is -0.423 e. The topological polar surface area (TPSA) is 79.6 Å². The molecule has 6 heteroatoms. The molecule has 0 aliphatic carbocycles. The highest BCUT2D eigenvalue weighted by atomic mass is 16.4. The third-order valence-corrected chi connectivity index (χ3v) is 5.14. The first-order chi connectivity index (χ1) is 12.0. The largest absolute Gasteiger partial charge is 0.423 e. The van der Waals surface area contributed by atoms with Gasteiger partial charge >= 0.3 is 5.63 Å². The van der Waals surface area contributed by atoms with E-state index in [1.165, 1.54) is 6.07 Å². The van der Waals surface area contributed by atoms with Crippen LogP contribution in [0.4, 0.5) is 0 Å². The van der Waals surface area contributed by atoms with Crippen molar-refractivity contribution in [1.82, 2.24) is 10.2 Å². The van der Waals surface area contributed by atoms with Crippen LogP contribution in [0.5, 0.6) is 0 Å². The van der Waals surface area contributed by atoms with Gasteiger partial charge in [-0.05, 0) is 37.0 Å². The number of amides is 2. The predicted molar refractivity (Wildman–Crippen MR) is 92.2 cm³/mol. The summed E-state index contributed by atoms with van der Waals surface area (Å²) < 4.78 is 5.25. The summed E-state index contributed by atoms with van der Waals surface area (Å²) in [5, 5.41) is 3.76. The van der Waals surface area contributed by atoms with Crippen LogP contribution in [0.25, 0.3) is 11.0 Å². The standard InChI is InChI=1S/C19H20N2O4/c1-11-2-5-15-13(8-18(23)25-16(15)6-11)7-17(22)21-9-12-3-4-14(10-21)20-19(12)24/h2,5-6,8,12,14H,3-4,7,9-10H2,1H3,(H,20,24)/t12-,14+/m1/s1. The van der Waals surface area contributed by atoms with Crippen molar-refractivity contribution in [2.24, 2.45) is 5.92 Å². The van der Waals surface area contributed by atoms with E-state index in [-0.39, 0.29) is 30.2 Å². The summed E-state index contributed by atoms with van der Waals surface area (Å²) in [5.41, 5.74) is 1.72. The minimum absolute atomic E-state index is 0.0374. The lowest BCUT2D eigenvalue weighted by molar-refractivity contribution is -0.131. The molecule has 1 N–H and O–H groups in total. The molecule has 3 saturated heterocycles. The summed E-state index contributed by atoms with van der Waals surface area (Å²) in [6.45, 7) is 2.92. The Morgan fingerprint density at radius 2 is 2.08 bits per heavy atom. The first-order valence-electron chi connectivity index (χ1n) is 8.61. The second kappa shape index (κ2) is 6.02. The average molecular weight is 340 g/mol. The summed E-state index contributed by atoms with van der Waals surface area (Å²) in [7, 11) is 0. The Kier molecular flexibility index (Phi) is 3.82. The molecule has 6 nitrogen and oxygen atoms in total. The van der Waals surface area contributed by atoms with Crippen molar-refractivity contribution < 1.29 is 14.0 Å². The molecular formula is C19H20N2O4. The zero-order valence-electron chi connectivity index (χ0n) is 14.1. The van der Waals surface area contributed by atoms with Crippen LogP contribution in [-0.4, -0.2) is 35.8 Å². The number of nitrogens with one attached hydrogen (secondary N) is 1. The lowest BCUT2D eigenvalue weighted by atomic mass is 9.96. The number of carbonyl (C=O) groups is 2. The Hall–Kier alpha value is -2.63. The fraction of sp³-hybridized carbons (Fsp3) is 0.421. The second-order valence-corrected chi connectivity index (χ2v) is 7.05. The molecule has 0 saturated carbocycles. The number of rotatable bonds is 2. The van der Waals surface area contributed by atoms with Gasteiger partial charge in [-0.3, -0.25) is 9.59 Å². The maximum Gasteiger partial charge on any atom is 0.336 e. The van der Waals surface area contributed by atoms with Crippen LogP contribution in [0, 0.1) is 12.8 Å². The zero-order chi connectivity index (χ0) is 17.6. The Morgan fingerprint density at radius 3 is 2.88 bits per heavy atom. The maximum atomic E-state index is 12.8. The van der Waals surface area contributed by atoms with Crippen molar-refractivity contribution in [3.05, 3.63) is 45.8 Å². The van der Waals surface area contributed by atoms with Crippen molar-refractivity contribution in [2.75, 3.05) is 13.1 Å². The molecule has 2 bridgehead atoms. The van der Waals surface area contributed by atoms with Gasteiger partial charge in [-0.2, -0.15) is 0 Å². The Morgan fingerprint density at radius 1 is 1.24 bits per heavy atom. The number of benzene rings is 1. The molecule has 1 aromatic carbocycles. The zero-order valence-corrected chi connectivity index (χ0v) is 14.1. The molecule has 2 amide bonds. The molecule has 3 aliphatic rings. The van der Waals surface area contributed by atoms with Gasteiger partial charge in [0.1, 0.15) is 5.58 Å². The first kappa shape index (κ1) is 15.9. The van der Waals surface area contributed by atoms with Crippen molar-refractivity contribution >= 4 is 22.8 Å². The SMILES string of the molecule is Cc1ccc2c(CC(=O)N3C[C@@H]4CC[C@H](C3)C(=O)N4)cc(=O)oc2c1. The van der Waals surface area contributed by atoms with Crippen molar-refractivity contribution in [1.29, 1.82) is 0 Å². The molecule has 2 aromatic rings. The lowest BCUT2D eigenvalue weighted by Crippen LogP contribution is -2.44. The van der Waals surface area contributed by atoms with E-state index >= 15 is 0 Å². The van der Waals surface area contributed by atoms with E-state index in [0.717, 1.165) is 23.8 Å². The van der Waals surface area contributed by atoms with E-state index in [1.54, 1.807) is 11.0 Å². The second-order valence-electron chi connectivity index (χ2n) is 7.05. The van der Waals surface area contributed by atoms with Crippen LogP contribution >= 0.6 is 0 Å². The Balaban J connectivity index is 1.62. The Bertz CT molecular complexity index is 917. The predicted octanol–water partition coefficient (Wildman–Crippen LogP) is 1.38. The number of aryl methyl sites for hydroxylation is 1. The molecule has 4 heterocycles. The normalized spacial score (nSPS) is 22.8. The maximum absolute atomic E-state index is 12.8. The van der Waals surface area contributed by atoms with Gasteiger partial charge in [0.25, 0.3) is 0 Å². The van der Waals surface area contributed by atoms with Gasteiger partial charge in [0.2, 0.25) is 11.8 Å². The highest BCUT2D eigenvalue weighted by Gasteiger charge is 2.36. The summed E-state index contributed by atoms with van der Waals surface area (Å²) >= 11 is 0. The number of nitrogens with zero attached hydrogens (tertiary/aromatic N) is 1. The van der Waals surface area contributed by atoms with Crippen LogP contribution in [0.3, 0.4) is 0 Å². The first-order valence-corrected chi connectivity index (χ1v) is 8.61. The van der Waals surface area contributed by atoms with E-state index < -0.39 is 5.63 Å². The smallest absolute Gasteiger partial charge is 0.336 e. The molecule has 2 atom stereocenters. The third kappa shape index (κ3) is 3.04. The van der Waals surface area contributed by atoms with Gasteiger partial charge in [0.05, 0.1) is 12.3 Å². The van der Waals surface area contributed by atoms with Gasteiger partial charge in [0, 0.05) is 30.6 Å². The summed E-state index contributed by atoms with van der Waals surface area (Å²) in [4.78, 5) is 38.4. The van der Waals surface area contributed by atoms with Gasteiger partial charge in [-0.15, -0.1) is 0 Å². The molecule has 3 aliphatic heterocycles. The highest BCUT2D eigenvalue weighted by molar-refractivity contribution is 5.88. The third-order valence-electron chi connectivity index (χ3n) is 5.14. The van der Waals surface area contributed by atoms with Crippen LogP contribution in [0.1, 0.15) is 24.0 Å². The molecular weight excluding hydrogens is 320 g/mol. The number of piperidine rings is 1. The molecule has 3 fully saturated rings. The molecule has 0 unspecified atom stereocenters. The quantitative estimate of drug-likeness (QED) is 0.838. The van der Waals surface area contributed by atoms with Crippen LogP contribution in [0.2, 0.25) is 0 Å².